The number of methoxy groups -OCH3 is 1. The van der Waals surface area contributed by atoms with E-state index in [4.69, 9.17) is 27.9 Å². The van der Waals surface area contributed by atoms with Crippen LogP contribution in [0.1, 0.15) is 10.4 Å². The quantitative estimate of drug-likeness (QED) is 0.609. The van der Waals surface area contributed by atoms with Gasteiger partial charge in [-0.15, -0.1) is 11.3 Å². The van der Waals surface area contributed by atoms with Crippen molar-refractivity contribution in [2.45, 2.75) is 6.54 Å². The molecule has 1 aromatic carbocycles. The molecule has 132 valence electrons. The topological polar surface area (TPSA) is 43.6 Å². The third kappa shape index (κ3) is 3.78. The molecular formula is C15H10Cl2F2N2O2S2. The number of thiazole rings is 1. The third-order valence-corrected chi connectivity index (χ3v) is 5.81. The molecular weight excluding hydrogens is 413 g/mol. The average Bonchev–Trinajstić information content (AvgIpc) is 3.04. The van der Waals surface area contributed by atoms with Gasteiger partial charge in [-0.2, -0.15) is 4.99 Å². The maximum Gasteiger partial charge on any atom is 0.282 e. The van der Waals surface area contributed by atoms with E-state index in [1.807, 2.05) is 0 Å². The van der Waals surface area contributed by atoms with Gasteiger partial charge in [0.15, 0.2) is 10.6 Å². The van der Waals surface area contributed by atoms with Gasteiger partial charge >= 0.3 is 0 Å². The van der Waals surface area contributed by atoms with E-state index >= 15 is 0 Å². The number of carbonyl (C=O) groups excluding carboxylic acids is 1. The number of thiophene rings is 1. The Morgan fingerprint density at radius 3 is 2.68 bits per heavy atom. The number of fused-ring (bicyclic) bond motifs is 1. The summed E-state index contributed by atoms with van der Waals surface area (Å²) in [5.41, 5.74) is 0.337. The number of aromatic nitrogens is 1. The molecule has 2 heterocycles. The minimum Gasteiger partial charge on any atom is -0.383 e. The van der Waals surface area contributed by atoms with Crippen LogP contribution in [0.2, 0.25) is 8.67 Å². The largest absolute Gasteiger partial charge is 0.383 e. The van der Waals surface area contributed by atoms with Crippen molar-refractivity contribution in [3.05, 3.63) is 48.9 Å². The molecule has 0 saturated carbocycles. The fraction of sp³-hybridized carbons (Fsp3) is 0.200. The van der Waals surface area contributed by atoms with Crippen LogP contribution in [-0.2, 0) is 11.3 Å². The molecule has 25 heavy (non-hydrogen) atoms. The molecule has 10 heteroatoms. The summed E-state index contributed by atoms with van der Waals surface area (Å²) in [7, 11) is 1.50. The number of carbonyl (C=O) groups is 1. The summed E-state index contributed by atoms with van der Waals surface area (Å²) < 4.78 is 35.1. The number of ether oxygens (including phenoxy) is 1. The first-order valence-corrected chi connectivity index (χ1v) is 9.31. The molecule has 4 nitrogen and oxygen atoms in total. The Labute approximate surface area is 158 Å². The van der Waals surface area contributed by atoms with Crippen molar-refractivity contribution in [1.29, 1.82) is 0 Å². The van der Waals surface area contributed by atoms with Gasteiger partial charge < -0.3 is 9.30 Å². The number of hydrogen-bond donors (Lipinski definition) is 0. The Balaban J connectivity index is 2.18. The van der Waals surface area contributed by atoms with Gasteiger partial charge in [-0.05, 0) is 12.1 Å². The molecule has 0 unspecified atom stereocenters. The Morgan fingerprint density at radius 1 is 1.28 bits per heavy atom. The molecule has 0 atom stereocenters. The van der Waals surface area contributed by atoms with Crippen LogP contribution in [0, 0.1) is 11.6 Å². The molecule has 0 fully saturated rings. The van der Waals surface area contributed by atoms with Crippen LogP contribution < -0.4 is 4.80 Å². The lowest BCUT2D eigenvalue weighted by atomic mass is 10.3. The van der Waals surface area contributed by atoms with Crippen molar-refractivity contribution in [3.8, 4) is 0 Å². The van der Waals surface area contributed by atoms with E-state index in [2.05, 4.69) is 4.99 Å². The van der Waals surface area contributed by atoms with E-state index in [0.29, 0.717) is 9.04 Å². The molecule has 3 aromatic rings. The van der Waals surface area contributed by atoms with E-state index in [-0.39, 0.29) is 33.4 Å². The van der Waals surface area contributed by atoms with Crippen molar-refractivity contribution >= 4 is 62.0 Å². The number of amides is 1. The second-order valence-electron chi connectivity index (χ2n) is 4.92. The van der Waals surface area contributed by atoms with Gasteiger partial charge in [0, 0.05) is 19.7 Å². The van der Waals surface area contributed by atoms with Gasteiger partial charge in [0.2, 0.25) is 0 Å². The molecule has 0 N–H and O–H groups in total. The van der Waals surface area contributed by atoms with Crippen molar-refractivity contribution in [2.75, 3.05) is 13.7 Å². The van der Waals surface area contributed by atoms with Gasteiger partial charge in [0.05, 0.1) is 26.7 Å². The van der Waals surface area contributed by atoms with Crippen LogP contribution in [0.25, 0.3) is 10.2 Å². The molecule has 0 saturated heterocycles. The van der Waals surface area contributed by atoms with Crippen LogP contribution in [0.15, 0.2) is 23.2 Å². The number of benzene rings is 1. The Hall–Kier alpha value is -1.32. The second kappa shape index (κ2) is 7.51. The number of nitrogens with zero attached hydrogens (tertiary/aromatic N) is 2. The molecule has 0 radical (unpaired) electrons. The molecule has 1 amide bonds. The van der Waals surface area contributed by atoms with E-state index in [1.165, 1.54) is 23.8 Å². The number of halogens is 4. The maximum absolute atomic E-state index is 14.2. The maximum atomic E-state index is 14.2. The third-order valence-electron chi connectivity index (χ3n) is 3.30. The Morgan fingerprint density at radius 2 is 2.04 bits per heavy atom. The fourth-order valence-electron chi connectivity index (χ4n) is 2.24. The summed E-state index contributed by atoms with van der Waals surface area (Å²) in [5, 5.41) is 0. The van der Waals surface area contributed by atoms with Crippen LogP contribution >= 0.6 is 45.9 Å². The Kier molecular flexibility index (Phi) is 5.55. The van der Waals surface area contributed by atoms with E-state index in [0.717, 1.165) is 28.7 Å². The van der Waals surface area contributed by atoms with E-state index in [1.54, 1.807) is 0 Å². The van der Waals surface area contributed by atoms with Crippen LogP contribution in [0.4, 0.5) is 8.78 Å². The highest BCUT2D eigenvalue weighted by Crippen LogP contribution is 2.31. The Bertz CT molecular complexity index is 1030. The lowest BCUT2D eigenvalue weighted by molar-refractivity contribution is 0.0998. The van der Waals surface area contributed by atoms with E-state index < -0.39 is 17.5 Å². The smallest absolute Gasteiger partial charge is 0.282 e. The molecule has 0 aliphatic heterocycles. The summed E-state index contributed by atoms with van der Waals surface area (Å²) in [6, 6.07) is 3.41. The first-order valence-electron chi connectivity index (χ1n) is 6.92. The van der Waals surface area contributed by atoms with E-state index in [9.17, 15) is 13.6 Å². The fourth-order valence-corrected chi connectivity index (χ4v) is 4.78. The summed E-state index contributed by atoms with van der Waals surface area (Å²) in [5.74, 6) is -2.03. The molecule has 0 aliphatic rings. The highest BCUT2D eigenvalue weighted by molar-refractivity contribution is 7.20. The molecule has 0 bridgehead atoms. The lowest BCUT2D eigenvalue weighted by Crippen LogP contribution is -2.19. The van der Waals surface area contributed by atoms with Crippen molar-refractivity contribution < 1.29 is 18.3 Å². The lowest BCUT2D eigenvalue weighted by Gasteiger charge is -2.05. The SMILES string of the molecule is COCCn1c(=NC(=O)c2cc(Cl)sc2Cl)sc2cc(F)cc(F)c21. The van der Waals surface area contributed by atoms with Gasteiger partial charge in [0.1, 0.15) is 10.2 Å². The van der Waals surface area contributed by atoms with Crippen LogP contribution in [0.3, 0.4) is 0 Å². The zero-order chi connectivity index (χ0) is 18.1. The second-order valence-corrected chi connectivity index (χ2v) is 8.21. The molecule has 2 aromatic heterocycles. The van der Waals surface area contributed by atoms with Gasteiger partial charge in [-0.3, -0.25) is 4.79 Å². The van der Waals surface area contributed by atoms with Gasteiger partial charge in [0.25, 0.3) is 5.91 Å². The van der Waals surface area contributed by atoms with Crippen molar-refractivity contribution in [1.82, 2.24) is 4.57 Å². The van der Waals surface area contributed by atoms with Crippen molar-refractivity contribution in [2.24, 2.45) is 4.99 Å². The molecule has 3 rings (SSSR count). The summed E-state index contributed by atoms with van der Waals surface area (Å²) in [4.78, 5) is 16.6. The zero-order valence-corrected chi connectivity index (χ0v) is 15.8. The summed E-state index contributed by atoms with van der Waals surface area (Å²) in [6.45, 7) is 0.526. The highest BCUT2D eigenvalue weighted by Gasteiger charge is 2.17. The molecule has 0 aliphatic carbocycles. The minimum atomic E-state index is -0.729. The normalized spacial score (nSPS) is 12.3. The average molecular weight is 423 g/mol. The predicted octanol–water partition coefficient (Wildman–Crippen LogP) is 4.74. The molecule has 0 spiro atoms. The number of rotatable bonds is 4. The van der Waals surface area contributed by atoms with Gasteiger partial charge in [-0.25, -0.2) is 8.78 Å². The van der Waals surface area contributed by atoms with Crippen molar-refractivity contribution in [3.63, 3.8) is 0 Å². The van der Waals surface area contributed by atoms with Crippen LogP contribution in [0.5, 0.6) is 0 Å². The van der Waals surface area contributed by atoms with Gasteiger partial charge in [-0.1, -0.05) is 34.5 Å². The monoisotopic (exact) mass is 422 g/mol. The summed E-state index contributed by atoms with van der Waals surface area (Å²) >= 11 is 13.9. The van der Waals surface area contributed by atoms with Crippen LogP contribution in [-0.4, -0.2) is 24.2 Å². The predicted molar refractivity (Wildman–Crippen MR) is 95.8 cm³/mol. The highest BCUT2D eigenvalue weighted by atomic mass is 35.5. The summed E-state index contributed by atoms with van der Waals surface area (Å²) in [6.07, 6.45) is 0. The first kappa shape index (κ1) is 18.5. The minimum absolute atomic E-state index is 0.166. The zero-order valence-electron chi connectivity index (χ0n) is 12.7. The standard InChI is InChI=1S/C15H10Cl2F2N2O2S2/c1-23-3-2-21-12-9(19)4-7(18)5-10(12)24-15(21)20-14(22)8-6-11(16)25-13(8)17/h4-6H,2-3H2,1H3. The number of hydrogen-bond acceptors (Lipinski definition) is 4. The first-order chi connectivity index (χ1) is 11.9.